The molecule has 6 N–H and O–H groups in total. The van der Waals surface area contributed by atoms with E-state index >= 15 is 0 Å². The lowest BCUT2D eigenvalue weighted by Crippen LogP contribution is -2.53. The molecule has 28 heavy (non-hydrogen) atoms. The summed E-state index contributed by atoms with van der Waals surface area (Å²) in [6, 6.07) is -1.56. The minimum Gasteiger partial charge on any atom is -0.465 e. The van der Waals surface area contributed by atoms with E-state index in [2.05, 4.69) is 16.0 Å². The van der Waals surface area contributed by atoms with Crippen molar-refractivity contribution in [1.82, 2.24) is 16.0 Å². The van der Waals surface area contributed by atoms with Gasteiger partial charge in [0.05, 0.1) is 0 Å². The molecule has 0 saturated heterocycles. The largest absolute Gasteiger partial charge is 0.465 e. The second-order valence-electron chi connectivity index (χ2n) is 7.86. The van der Waals surface area contributed by atoms with Gasteiger partial charge < -0.3 is 26.8 Å². The monoisotopic (exact) mass is 398 g/mol. The molecule has 1 saturated carbocycles. The van der Waals surface area contributed by atoms with E-state index in [1.165, 1.54) is 0 Å². The SMILES string of the molecule is CC(C)CC(NC(=O)C(CCCCNC(=O)O)NC(=O)C1CCCC1)C(N)=O. The molecule has 2 unspecified atom stereocenters. The van der Waals surface area contributed by atoms with E-state index in [4.69, 9.17) is 10.8 Å². The van der Waals surface area contributed by atoms with Crippen molar-refractivity contribution in [1.29, 1.82) is 0 Å². The van der Waals surface area contributed by atoms with Gasteiger partial charge in [-0.25, -0.2) is 4.79 Å². The number of nitrogens with one attached hydrogen (secondary N) is 3. The minimum atomic E-state index is -1.10. The normalized spacial score (nSPS) is 16.4. The van der Waals surface area contributed by atoms with Crippen LogP contribution in [-0.4, -0.2) is 47.5 Å². The van der Waals surface area contributed by atoms with E-state index in [1.54, 1.807) is 0 Å². The zero-order valence-corrected chi connectivity index (χ0v) is 16.8. The number of hydrogen-bond donors (Lipinski definition) is 5. The summed E-state index contributed by atoms with van der Waals surface area (Å²) in [5, 5.41) is 16.3. The average molecular weight is 399 g/mol. The van der Waals surface area contributed by atoms with Gasteiger partial charge in [0.15, 0.2) is 0 Å². The third kappa shape index (κ3) is 9.05. The van der Waals surface area contributed by atoms with Gasteiger partial charge in [0.2, 0.25) is 17.7 Å². The molecule has 0 bridgehead atoms. The molecule has 0 spiro atoms. The van der Waals surface area contributed by atoms with E-state index < -0.39 is 30.0 Å². The zero-order chi connectivity index (χ0) is 21.1. The van der Waals surface area contributed by atoms with Crippen LogP contribution in [0.15, 0.2) is 0 Å². The number of carboxylic acid groups (broad SMARTS) is 1. The third-order valence-corrected chi connectivity index (χ3v) is 4.92. The quantitative estimate of drug-likeness (QED) is 0.312. The van der Waals surface area contributed by atoms with Crippen LogP contribution in [0.25, 0.3) is 0 Å². The highest BCUT2D eigenvalue weighted by atomic mass is 16.4. The Labute approximate surface area is 166 Å². The Morgan fingerprint density at radius 1 is 1.04 bits per heavy atom. The number of primary amides is 1. The van der Waals surface area contributed by atoms with Crippen LogP contribution in [0.3, 0.4) is 0 Å². The number of amides is 4. The summed E-state index contributed by atoms with van der Waals surface area (Å²) in [6.45, 7) is 4.13. The maximum absolute atomic E-state index is 12.7. The molecule has 160 valence electrons. The fraction of sp³-hybridized carbons (Fsp3) is 0.789. The van der Waals surface area contributed by atoms with Crippen LogP contribution in [-0.2, 0) is 14.4 Å². The van der Waals surface area contributed by atoms with Crippen molar-refractivity contribution in [2.45, 2.75) is 77.3 Å². The van der Waals surface area contributed by atoms with Crippen molar-refractivity contribution in [3.63, 3.8) is 0 Å². The van der Waals surface area contributed by atoms with Crippen molar-refractivity contribution in [2.75, 3.05) is 6.54 Å². The molecule has 1 aliphatic rings. The van der Waals surface area contributed by atoms with Gasteiger partial charge in [0, 0.05) is 12.5 Å². The number of unbranched alkanes of at least 4 members (excludes halogenated alkanes) is 1. The number of hydrogen-bond acceptors (Lipinski definition) is 4. The van der Waals surface area contributed by atoms with E-state index in [0.717, 1.165) is 25.7 Å². The molecule has 9 nitrogen and oxygen atoms in total. The average Bonchev–Trinajstić information content (AvgIpc) is 3.13. The molecule has 4 amide bonds. The van der Waals surface area contributed by atoms with E-state index in [0.29, 0.717) is 25.7 Å². The summed E-state index contributed by atoms with van der Waals surface area (Å²) in [5.41, 5.74) is 5.40. The Kier molecular flexibility index (Phi) is 10.3. The topological polar surface area (TPSA) is 151 Å². The summed E-state index contributed by atoms with van der Waals surface area (Å²) in [7, 11) is 0. The molecule has 0 aromatic heterocycles. The van der Waals surface area contributed by atoms with Crippen LogP contribution in [0, 0.1) is 11.8 Å². The van der Waals surface area contributed by atoms with Crippen LogP contribution < -0.4 is 21.7 Å². The van der Waals surface area contributed by atoms with Crippen molar-refractivity contribution in [3.05, 3.63) is 0 Å². The first kappa shape index (κ1) is 23.7. The lowest BCUT2D eigenvalue weighted by atomic mass is 10.0. The molecular formula is C19H34N4O5. The van der Waals surface area contributed by atoms with Crippen molar-refractivity contribution >= 4 is 23.8 Å². The lowest BCUT2D eigenvalue weighted by molar-refractivity contribution is -0.133. The second-order valence-corrected chi connectivity index (χ2v) is 7.86. The molecule has 9 heteroatoms. The molecule has 0 heterocycles. The van der Waals surface area contributed by atoms with Crippen LogP contribution >= 0.6 is 0 Å². The van der Waals surface area contributed by atoms with Crippen molar-refractivity contribution in [2.24, 2.45) is 17.6 Å². The zero-order valence-electron chi connectivity index (χ0n) is 16.8. The Hall–Kier alpha value is -2.32. The molecule has 1 fully saturated rings. The summed E-state index contributed by atoms with van der Waals surface area (Å²) in [6.07, 6.45) is 4.44. The lowest BCUT2D eigenvalue weighted by Gasteiger charge is -2.24. The van der Waals surface area contributed by atoms with Crippen LogP contribution in [0.2, 0.25) is 0 Å². The van der Waals surface area contributed by atoms with Gasteiger partial charge in [-0.1, -0.05) is 26.7 Å². The van der Waals surface area contributed by atoms with Crippen molar-refractivity contribution in [3.8, 4) is 0 Å². The standard InChI is InChI=1S/C19H34N4O5/c1-12(2)11-15(16(20)24)23-18(26)14(9-5-6-10-21-19(27)28)22-17(25)13-7-3-4-8-13/h12-15,21H,3-11H2,1-2H3,(H2,20,24)(H,22,25)(H,23,26)(H,27,28). The van der Waals surface area contributed by atoms with Gasteiger partial charge in [-0.15, -0.1) is 0 Å². The Balaban J connectivity index is 2.67. The predicted molar refractivity (Wildman–Crippen MR) is 104 cm³/mol. The van der Waals surface area contributed by atoms with Gasteiger partial charge >= 0.3 is 6.09 Å². The first-order valence-electron chi connectivity index (χ1n) is 10.1. The summed E-state index contributed by atoms with van der Waals surface area (Å²) < 4.78 is 0. The van der Waals surface area contributed by atoms with Gasteiger partial charge in [0.1, 0.15) is 12.1 Å². The number of carbonyl (C=O) groups is 4. The molecule has 1 rings (SSSR count). The van der Waals surface area contributed by atoms with E-state index in [-0.39, 0.29) is 24.3 Å². The maximum atomic E-state index is 12.7. The Morgan fingerprint density at radius 2 is 1.68 bits per heavy atom. The van der Waals surface area contributed by atoms with Crippen LogP contribution in [0.4, 0.5) is 4.79 Å². The highest BCUT2D eigenvalue weighted by molar-refractivity contribution is 5.92. The third-order valence-electron chi connectivity index (χ3n) is 4.92. The summed E-state index contributed by atoms with van der Waals surface area (Å²) in [5.74, 6) is -1.07. The second kappa shape index (κ2) is 12.2. The van der Waals surface area contributed by atoms with E-state index in [9.17, 15) is 19.2 Å². The van der Waals surface area contributed by atoms with E-state index in [1.807, 2.05) is 13.8 Å². The number of carbonyl (C=O) groups excluding carboxylic acids is 3. The van der Waals surface area contributed by atoms with Gasteiger partial charge in [-0.05, 0) is 44.4 Å². The molecule has 0 aromatic rings. The minimum absolute atomic E-state index is 0.0772. The highest BCUT2D eigenvalue weighted by Crippen LogP contribution is 2.25. The molecule has 1 aliphatic carbocycles. The number of rotatable bonds is 12. The van der Waals surface area contributed by atoms with Gasteiger partial charge in [0.25, 0.3) is 0 Å². The van der Waals surface area contributed by atoms with Crippen LogP contribution in [0.5, 0.6) is 0 Å². The first-order valence-corrected chi connectivity index (χ1v) is 10.1. The summed E-state index contributed by atoms with van der Waals surface area (Å²) >= 11 is 0. The highest BCUT2D eigenvalue weighted by Gasteiger charge is 2.29. The Bertz CT molecular complexity index is 546. The fourth-order valence-corrected chi connectivity index (χ4v) is 3.41. The first-order chi connectivity index (χ1) is 13.2. The number of nitrogens with two attached hydrogens (primary N) is 1. The van der Waals surface area contributed by atoms with Gasteiger partial charge in [-0.3, -0.25) is 14.4 Å². The molecular weight excluding hydrogens is 364 g/mol. The van der Waals surface area contributed by atoms with Crippen LogP contribution in [0.1, 0.15) is 65.2 Å². The summed E-state index contributed by atoms with van der Waals surface area (Å²) in [4.78, 5) is 47.3. The molecule has 0 aliphatic heterocycles. The Morgan fingerprint density at radius 3 is 2.21 bits per heavy atom. The molecule has 0 radical (unpaired) electrons. The fourth-order valence-electron chi connectivity index (χ4n) is 3.41. The molecule has 0 aromatic carbocycles. The molecule has 2 atom stereocenters. The predicted octanol–water partition coefficient (Wildman–Crippen LogP) is 1.12. The van der Waals surface area contributed by atoms with Crippen molar-refractivity contribution < 1.29 is 24.3 Å². The van der Waals surface area contributed by atoms with Gasteiger partial charge in [-0.2, -0.15) is 0 Å². The maximum Gasteiger partial charge on any atom is 0.404 e. The smallest absolute Gasteiger partial charge is 0.404 e.